The van der Waals surface area contributed by atoms with Crippen molar-refractivity contribution in [1.29, 1.82) is 0 Å². The van der Waals surface area contributed by atoms with E-state index in [0.717, 1.165) is 0 Å². The van der Waals surface area contributed by atoms with Gasteiger partial charge in [0.15, 0.2) is 5.58 Å². The fourth-order valence-electron chi connectivity index (χ4n) is 4.27. The first-order valence-corrected chi connectivity index (χ1v) is 11.4. The van der Waals surface area contributed by atoms with Gasteiger partial charge in [-0.15, -0.1) is 0 Å². The summed E-state index contributed by atoms with van der Waals surface area (Å²) in [7, 11) is 1.26. The van der Waals surface area contributed by atoms with Gasteiger partial charge in [-0.25, -0.2) is 4.79 Å². The first-order chi connectivity index (χ1) is 16.3. The number of fused-ring (bicyclic) bond motifs is 1. The summed E-state index contributed by atoms with van der Waals surface area (Å²) in [6.45, 7) is 4.36. The summed E-state index contributed by atoms with van der Waals surface area (Å²) in [5, 5.41) is 10.3. The molecular weight excluding hydrogens is 483 g/mol. The molecule has 3 aromatic rings. The Labute approximate surface area is 206 Å². The predicted molar refractivity (Wildman–Crippen MR) is 130 cm³/mol. The molecule has 11 heteroatoms. The topological polar surface area (TPSA) is 122 Å². The van der Waals surface area contributed by atoms with Crippen LogP contribution < -0.4 is 10.6 Å². The van der Waals surface area contributed by atoms with Crippen molar-refractivity contribution in [3.05, 3.63) is 45.7 Å². The molecule has 1 saturated heterocycles. The maximum atomic E-state index is 12.8. The van der Waals surface area contributed by atoms with Gasteiger partial charge in [0.2, 0.25) is 5.88 Å². The molecule has 0 bridgehead atoms. The summed E-state index contributed by atoms with van der Waals surface area (Å²) < 4.78 is 11.1. The smallest absolute Gasteiger partial charge is 0.341 e. The van der Waals surface area contributed by atoms with Gasteiger partial charge in [0.05, 0.1) is 23.8 Å². The number of carbonyl (C=O) groups is 2. The van der Waals surface area contributed by atoms with Crippen LogP contribution in [0, 0.1) is 0 Å². The number of halogens is 2. The van der Waals surface area contributed by atoms with E-state index >= 15 is 0 Å². The normalized spacial score (nSPS) is 15.5. The van der Waals surface area contributed by atoms with Crippen molar-refractivity contribution < 1.29 is 23.8 Å². The van der Waals surface area contributed by atoms with Gasteiger partial charge < -0.3 is 24.9 Å². The summed E-state index contributed by atoms with van der Waals surface area (Å²) in [6, 6.07) is 3.19. The van der Waals surface area contributed by atoms with Gasteiger partial charge in [0, 0.05) is 55.6 Å². The van der Waals surface area contributed by atoms with Crippen LogP contribution >= 0.6 is 23.2 Å². The Balaban J connectivity index is 1.94. The number of amides is 1. The largest absolute Gasteiger partial charge is 0.465 e. The number of methoxy groups -OCH3 is 1. The van der Waals surface area contributed by atoms with Crippen LogP contribution in [0.15, 0.2) is 28.9 Å². The lowest BCUT2D eigenvalue weighted by Gasteiger charge is -2.37. The fourth-order valence-corrected chi connectivity index (χ4v) is 4.84. The van der Waals surface area contributed by atoms with Crippen LogP contribution in [0.3, 0.4) is 0 Å². The highest BCUT2D eigenvalue weighted by Crippen LogP contribution is 2.44. The lowest BCUT2D eigenvalue weighted by Crippen LogP contribution is -2.50. The number of hydrogen-bond acceptors (Lipinski definition) is 8. The second-order valence-electron chi connectivity index (χ2n) is 8.04. The second-order valence-corrected chi connectivity index (χ2v) is 8.85. The lowest BCUT2D eigenvalue weighted by atomic mass is 9.96. The van der Waals surface area contributed by atoms with Gasteiger partial charge in [0.25, 0.3) is 5.91 Å². The quantitative estimate of drug-likeness (QED) is 0.488. The van der Waals surface area contributed by atoms with E-state index in [2.05, 4.69) is 9.88 Å². The average Bonchev–Trinajstić information content (AvgIpc) is 3.24. The number of aliphatic hydroxyl groups excluding tert-OH is 1. The zero-order valence-corrected chi connectivity index (χ0v) is 20.2. The van der Waals surface area contributed by atoms with E-state index in [0.29, 0.717) is 42.7 Å². The predicted octanol–water partition coefficient (Wildman–Crippen LogP) is 3.19. The van der Waals surface area contributed by atoms with E-state index in [-0.39, 0.29) is 45.3 Å². The number of furan rings is 1. The Morgan fingerprint density at radius 2 is 1.85 bits per heavy atom. The van der Waals surface area contributed by atoms with Gasteiger partial charge in [0.1, 0.15) is 11.1 Å². The van der Waals surface area contributed by atoms with E-state index in [1.165, 1.54) is 25.6 Å². The first-order valence-electron chi connectivity index (χ1n) is 10.6. The van der Waals surface area contributed by atoms with E-state index in [4.69, 9.17) is 38.1 Å². The molecule has 9 nitrogen and oxygen atoms in total. The van der Waals surface area contributed by atoms with E-state index in [1.807, 2.05) is 11.8 Å². The number of primary amides is 1. The summed E-state index contributed by atoms with van der Waals surface area (Å²) >= 11 is 12.8. The number of carbonyl (C=O) groups excluding carboxylic acids is 2. The molecule has 34 heavy (non-hydrogen) atoms. The van der Waals surface area contributed by atoms with Crippen molar-refractivity contribution in [3.8, 4) is 11.1 Å². The number of anilines is 1. The van der Waals surface area contributed by atoms with Crippen LogP contribution in [0.25, 0.3) is 22.1 Å². The Bertz CT molecular complexity index is 1230. The molecule has 1 aromatic carbocycles. The van der Waals surface area contributed by atoms with Crippen molar-refractivity contribution in [3.63, 3.8) is 0 Å². The number of aliphatic hydroxyl groups is 1. The highest BCUT2D eigenvalue weighted by atomic mass is 35.5. The fraction of sp³-hybridized carbons (Fsp3) is 0.348. The maximum absolute atomic E-state index is 12.8. The Kier molecular flexibility index (Phi) is 6.99. The van der Waals surface area contributed by atoms with Crippen LogP contribution in [0.2, 0.25) is 10.0 Å². The molecule has 1 atom stereocenters. The molecule has 0 spiro atoms. The van der Waals surface area contributed by atoms with Crippen LogP contribution in [0.5, 0.6) is 0 Å². The number of aromatic nitrogens is 1. The minimum absolute atomic E-state index is 0.0157. The molecule has 4 rings (SSSR count). The molecule has 1 fully saturated rings. The lowest BCUT2D eigenvalue weighted by molar-refractivity contribution is 0.0601. The van der Waals surface area contributed by atoms with E-state index in [1.54, 1.807) is 6.07 Å². The molecule has 0 radical (unpaired) electrons. The van der Waals surface area contributed by atoms with Gasteiger partial charge in [-0.1, -0.05) is 29.3 Å². The molecule has 3 N–H and O–H groups in total. The molecule has 180 valence electrons. The van der Waals surface area contributed by atoms with Crippen LogP contribution in [0.4, 0.5) is 5.88 Å². The van der Waals surface area contributed by atoms with Crippen LogP contribution in [-0.4, -0.2) is 72.8 Å². The number of rotatable bonds is 6. The zero-order valence-electron chi connectivity index (χ0n) is 18.7. The number of pyridine rings is 1. The average molecular weight is 507 g/mol. The van der Waals surface area contributed by atoms with Crippen molar-refractivity contribution in [2.24, 2.45) is 5.73 Å². The van der Waals surface area contributed by atoms with Crippen LogP contribution in [-0.2, 0) is 4.74 Å². The van der Waals surface area contributed by atoms with Crippen molar-refractivity contribution >= 4 is 51.9 Å². The monoisotopic (exact) mass is 506 g/mol. The molecule has 3 heterocycles. The van der Waals surface area contributed by atoms with E-state index in [9.17, 15) is 14.7 Å². The number of hydrogen-bond donors (Lipinski definition) is 2. The molecule has 2 aromatic heterocycles. The summed E-state index contributed by atoms with van der Waals surface area (Å²) in [6.07, 6.45) is 2.88. The molecule has 1 aliphatic rings. The SMILES string of the molecule is COC(=O)c1ccc(-c2c(Cl)cncc2Cl)c2c(C(N)=O)c(N3CCN(C(C)CO)CC3)oc12. The molecule has 0 aliphatic carbocycles. The summed E-state index contributed by atoms with van der Waals surface area (Å²) in [4.78, 5) is 33.3. The molecule has 1 amide bonds. The molecule has 1 unspecified atom stereocenters. The number of esters is 1. The minimum atomic E-state index is -0.718. The number of piperazine rings is 1. The van der Waals surface area contributed by atoms with Gasteiger partial charge >= 0.3 is 5.97 Å². The third-order valence-electron chi connectivity index (χ3n) is 6.08. The Morgan fingerprint density at radius 3 is 2.41 bits per heavy atom. The highest BCUT2D eigenvalue weighted by Gasteiger charge is 2.32. The van der Waals surface area contributed by atoms with Crippen molar-refractivity contribution in [2.45, 2.75) is 13.0 Å². The molecular formula is C23H24Cl2N4O5. The minimum Gasteiger partial charge on any atom is -0.465 e. The van der Waals surface area contributed by atoms with Crippen molar-refractivity contribution in [2.75, 3.05) is 44.8 Å². The number of benzene rings is 1. The number of nitrogens with zero attached hydrogens (tertiary/aromatic N) is 3. The number of nitrogens with two attached hydrogens (primary N) is 1. The third kappa shape index (κ3) is 4.20. The Morgan fingerprint density at radius 1 is 1.21 bits per heavy atom. The van der Waals surface area contributed by atoms with Crippen molar-refractivity contribution in [1.82, 2.24) is 9.88 Å². The summed E-state index contributed by atoms with van der Waals surface area (Å²) in [5.41, 5.74) is 7.20. The summed E-state index contributed by atoms with van der Waals surface area (Å²) in [5.74, 6) is -1.08. The second kappa shape index (κ2) is 9.79. The Hall–Kier alpha value is -2.85. The first kappa shape index (κ1) is 24.3. The highest BCUT2D eigenvalue weighted by molar-refractivity contribution is 6.40. The van der Waals surface area contributed by atoms with Gasteiger partial charge in [-0.3, -0.25) is 14.7 Å². The standard InChI is InChI=1S/C23H24Cl2N4O5/c1-12(11-30)28-5-7-29(8-6-28)22-19(21(26)31)18-13(17-15(24)9-27-10-16(17)25)3-4-14(20(18)34-22)23(32)33-2/h3-4,9-10,12,30H,5-8,11H2,1-2H3,(H2,26,31). The zero-order chi connectivity index (χ0) is 24.6. The van der Waals surface area contributed by atoms with Gasteiger partial charge in [-0.2, -0.15) is 0 Å². The van der Waals surface area contributed by atoms with Gasteiger partial charge in [-0.05, 0) is 18.6 Å². The molecule has 1 aliphatic heterocycles. The number of ether oxygens (including phenoxy) is 1. The maximum Gasteiger partial charge on any atom is 0.341 e. The van der Waals surface area contributed by atoms with Crippen LogP contribution in [0.1, 0.15) is 27.6 Å². The van der Waals surface area contributed by atoms with E-state index < -0.39 is 11.9 Å². The molecule has 0 saturated carbocycles. The third-order valence-corrected chi connectivity index (χ3v) is 6.66.